The van der Waals surface area contributed by atoms with Gasteiger partial charge in [-0.1, -0.05) is 105 Å². The number of carbonyl (C=O) groups is 5. The minimum Gasteiger partial charge on any atom is -0.346 e. The molecule has 4 rings (SSSR count). The number of fused-ring (bicyclic) bond motifs is 1. The van der Waals surface area contributed by atoms with Crippen LogP contribution < -0.4 is 25.6 Å². The zero-order chi connectivity index (χ0) is 45.0. The number of ketones is 1. The first-order chi connectivity index (χ1) is 28.5. The molecule has 0 radical (unpaired) electrons. The smallest absolute Gasteiger partial charge is 0.315 e. The molecule has 0 spiro atoms. The van der Waals surface area contributed by atoms with E-state index in [1.54, 1.807) is 22.6 Å². The Morgan fingerprint density at radius 3 is 2.13 bits per heavy atom. The van der Waals surface area contributed by atoms with E-state index in [9.17, 15) is 24.0 Å². The molecule has 4 N–H and O–H groups in total. The minimum atomic E-state index is -1.05. The summed E-state index contributed by atoms with van der Waals surface area (Å²) in [5.74, 6) is -1.92. The van der Waals surface area contributed by atoms with Crippen LogP contribution in [0, 0.1) is 17.3 Å². The third kappa shape index (κ3) is 17.6. The predicted octanol–water partition coefficient (Wildman–Crippen LogP) is 6.39. The van der Waals surface area contributed by atoms with Crippen molar-refractivity contribution in [3.05, 3.63) is 72.4 Å². The maximum Gasteiger partial charge on any atom is 0.315 e. The Kier molecular flexibility index (Phi) is 25.0. The lowest BCUT2D eigenvalue weighted by Crippen LogP contribution is -2.60. The van der Waals surface area contributed by atoms with Gasteiger partial charge in [0.25, 0.3) is 5.91 Å². The van der Waals surface area contributed by atoms with Gasteiger partial charge in [-0.15, -0.1) is 6.58 Å². The van der Waals surface area contributed by atoms with Crippen molar-refractivity contribution in [1.29, 1.82) is 0 Å². The summed E-state index contributed by atoms with van der Waals surface area (Å²) < 4.78 is 7.70. The number of nitrogens with one attached hydrogen (secondary N) is 4. The van der Waals surface area contributed by atoms with E-state index in [0.717, 1.165) is 29.2 Å². The lowest BCUT2D eigenvalue weighted by molar-refractivity contribution is -0.143. The number of hydroxylamine groups is 2. The molecule has 1 aliphatic heterocycles. The Morgan fingerprint density at radius 1 is 0.984 bits per heavy atom. The fourth-order valence-corrected chi connectivity index (χ4v) is 7.38. The van der Waals surface area contributed by atoms with Crippen molar-refractivity contribution in [3.8, 4) is 0 Å². The van der Waals surface area contributed by atoms with Gasteiger partial charge in [-0.25, -0.2) is 14.1 Å². The zero-order valence-corrected chi connectivity index (χ0v) is 40.2. The molecule has 1 saturated heterocycles. The maximum atomic E-state index is 14.6. The van der Waals surface area contributed by atoms with Crippen LogP contribution in [0.3, 0.4) is 0 Å². The standard InChI is InChI=1S/C40H58N8O6S.C3H8.C2H6.H2S/c1-9-19-42-37(51)35(49)30(22-26(2)3)43-36(50)31-17-14-21-48(31)38(52)34(29-23-27-15-10-11-16-28(27)24-29)45-39(53)44-32(40(4,5)6)25-46(7)54-55-47(8)33-18-12-13-20-41-33;1-3-2;1-2;/h9-13,15-16,18,20,26,29-32,34H,1,14,17,19,21-25H2,2-8H3,(H,42,51)(H,43,50)(H2,44,45,53);3H2,1-2H3;1-2H3;1H2. The van der Waals surface area contributed by atoms with Crippen LogP contribution in [-0.4, -0.2) is 102 Å². The molecule has 1 aromatic heterocycles. The molecule has 4 atom stereocenters. The number of rotatable bonds is 18. The Labute approximate surface area is 376 Å². The van der Waals surface area contributed by atoms with Gasteiger partial charge >= 0.3 is 6.03 Å². The number of pyridine rings is 1. The van der Waals surface area contributed by atoms with Crippen LogP contribution in [0.4, 0.5) is 10.6 Å². The molecular weight excluding hydrogens is 813 g/mol. The van der Waals surface area contributed by atoms with Gasteiger partial charge in [0.1, 0.15) is 30.1 Å². The van der Waals surface area contributed by atoms with Crippen molar-refractivity contribution >= 4 is 61.1 Å². The van der Waals surface area contributed by atoms with Crippen molar-refractivity contribution < 1.29 is 28.3 Å². The summed E-state index contributed by atoms with van der Waals surface area (Å²) in [5, 5.41) is 13.1. The monoisotopic (exact) mass is 887 g/mol. The SMILES string of the molecule is C=CCNC(=O)C(=O)C(CC(C)C)NC(=O)C1CCCN1C(=O)C(NC(=O)NC(CN(C)OSN(C)c1ccccn1)C(C)(C)C)C1Cc2ccccc2C1.CC.CCC.S. The third-order valence-corrected chi connectivity index (χ3v) is 10.7. The van der Waals surface area contributed by atoms with E-state index >= 15 is 0 Å². The number of amides is 5. The molecule has 2 aromatic rings. The number of Topliss-reactive ketones (excluding diaryl/α,β-unsaturated/α-hetero) is 1. The topological polar surface area (TPSA) is 165 Å². The summed E-state index contributed by atoms with van der Waals surface area (Å²) in [5.41, 5.74) is 1.85. The molecule has 4 unspecified atom stereocenters. The van der Waals surface area contributed by atoms with Crippen molar-refractivity contribution in [1.82, 2.24) is 36.2 Å². The molecule has 14 nitrogen and oxygen atoms in total. The zero-order valence-electron chi connectivity index (χ0n) is 38.4. The van der Waals surface area contributed by atoms with Crippen LogP contribution >= 0.6 is 25.7 Å². The Bertz CT molecular complexity index is 1650. The molecule has 1 aromatic carbocycles. The molecule has 2 aliphatic rings. The highest BCUT2D eigenvalue weighted by molar-refractivity contribution is 7.96. The number of urea groups is 1. The van der Waals surface area contributed by atoms with Crippen LogP contribution in [0.25, 0.3) is 0 Å². The first-order valence-electron chi connectivity index (χ1n) is 21.4. The molecule has 61 heavy (non-hydrogen) atoms. The van der Waals surface area contributed by atoms with E-state index in [4.69, 9.17) is 4.28 Å². The van der Waals surface area contributed by atoms with Crippen molar-refractivity contribution in [2.24, 2.45) is 17.3 Å². The molecular formula is C45H74N8O6S2. The van der Waals surface area contributed by atoms with Gasteiger partial charge in [-0.2, -0.15) is 18.6 Å². The summed E-state index contributed by atoms with van der Waals surface area (Å²) in [7, 11) is 3.62. The minimum absolute atomic E-state index is 0. The van der Waals surface area contributed by atoms with Gasteiger partial charge < -0.3 is 26.2 Å². The molecule has 0 saturated carbocycles. The Morgan fingerprint density at radius 2 is 1.59 bits per heavy atom. The fourth-order valence-electron chi connectivity index (χ4n) is 6.92. The lowest BCUT2D eigenvalue weighted by Gasteiger charge is -2.36. The van der Waals surface area contributed by atoms with E-state index in [2.05, 4.69) is 46.7 Å². The average Bonchev–Trinajstić information content (AvgIpc) is 3.89. The van der Waals surface area contributed by atoms with Gasteiger partial charge in [0.05, 0.1) is 12.1 Å². The first-order valence-corrected chi connectivity index (χ1v) is 22.1. The van der Waals surface area contributed by atoms with Gasteiger partial charge in [0.2, 0.25) is 17.6 Å². The molecule has 1 aliphatic carbocycles. The molecule has 2 heterocycles. The molecule has 0 bridgehead atoms. The number of likely N-dealkylation sites (N-methyl/N-ethyl adjacent to an activating group) is 1. The largest absolute Gasteiger partial charge is 0.346 e. The summed E-state index contributed by atoms with van der Waals surface area (Å²) in [6, 6.07) is 9.86. The number of benzene rings is 1. The molecule has 342 valence electrons. The van der Waals surface area contributed by atoms with Crippen LogP contribution in [0.5, 0.6) is 0 Å². The van der Waals surface area contributed by atoms with Gasteiger partial charge in [-0.05, 0) is 72.6 Å². The summed E-state index contributed by atoms with van der Waals surface area (Å²) in [4.78, 5) is 73.9. The summed E-state index contributed by atoms with van der Waals surface area (Å²) >= 11 is 1.11. The average molecular weight is 887 g/mol. The van der Waals surface area contributed by atoms with Crippen LogP contribution in [-0.2, 0) is 36.3 Å². The number of anilines is 1. The number of carbonyl (C=O) groups excluding carboxylic acids is 5. The number of hydrogen-bond donors (Lipinski definition) is 4. The van der Waals surface area contributed by atoms with Crippen molar-refractivity contribution in [3.63, 3.8) is 0 Å². The van der Waals surface area contributed by atoms with E-state index in [1.807, 2.05) is 98.0 Å². The number of aromatic nitrogens is 1. The normalized spacial score (nSPS) is 16.0. The van der Waals surface area contributed by atoms with Crippen LogP contribution in [0.2, 0.25) is 0 Å². The first kappa shape index (κ1) is 54.9. The van der Waals surface area contributed by atoms with Gasteiger partial charge in [0, 0.05) is 39.9 Å². The summed E-state index contributed by atoms with van der Waals surface area (Å²) in [6.07, 6.45) is 6.81. The van der Waals surface area contributed by atoms with E-state index < -0.39 is 41.8 Å². The maximum absolute atomic E-state index is 14.6. The predicted molar refractivity (Wildman–Crippen MR) is 252 cm³/mol. The second kappa shape index (κ2) is 27.7. The molecule has 16 heteroatoms. The summed E-state index contributed by atoms with van der Waals surface area (Å²) in [6.45, 7) is 22.4. The Balaban J connectivity index is 0.00000296. The van der Waals surface area contributed by atoms with E-state index in [-0.39, 0.29) is 55.7 Å². The van der Waals surface area contributed by atoms with E-state index in [1.165, 1.54) is 17.4 Å². The van der Waals surface area contributed by atoms with Crippen molar-refractivity contribution in [2.75, 3.05) is 38.0 Å². The highest BCUT2D eigenvalue weighted by Crippen LogP contribution is 2.31. The molecule has 1 fully saturated rings. The lowest BCUT2D eigenvalue weighted by atomic mass is 9.86. The third-order valence-electron chi connectivity index (χ3n) is 9.95. The van der Waals surface area contributed by atoms with Gasteiger partial charge in [0.15, 0.2) is 0 Å². The highest BCUT2D eigenvalue weighted by Gasteiger charge is 2.43. The van der Waals surface area contributed by atoms with Crippen LogP contribution in [0.15, 0.2) is 61.3 Å². The van der Waals surface area contributed by atoms with Gasteiger partial charge in [-0.3, -0.25) is 23.5 Å². The second-order valence-corrected chi connectivity index (χ2v) is 17.4. The van der Waals surface area contributed by atoms with E-state index in [0.29, 0.717) is 38.8 Å². The number of likely N-dealkylation sites (tertiary alicyclic amines) is 1. The van der Waals surface area contributed by atoms with Crippen molar-refractivity contribution in [2.45, 2.75) is 125 Å². The number of nitrogens with zero attached hydrogens (tertiary/aromatic N) is 4. The fraction of sp³-hybridized carbons (Fsp3) is 0.600. The second-order valence-electron chi connectivity index (χ2n) is 16.5. The highest BCUT2D eigenvalue weighted by atomic mass is 32.2. The quantitative estimate of drug-likeness (QED) is 0.0434. The van der Waals surface area contributed by atoms with Crippen LogP contribution in [0.1, 0.15) is 99.1 Å². The Hall–Kier alpha value is -4.12. The molecule has 5 amide bonds. The number of hydrogen-bond acceptors (Lipinski definition) is 10.